The Labute approximate surface area is 187 Å². The minimum atomic E-state index is -4.61. The lowest BCUT2D eigenvalue weighted by molar-refractivity contribution is -0.137. The highest BCUT2D eigenvalue weighted by Crippen LogP contribution is 2.36. The summed E-state index contributed by atoms with van der Waals surface area (Å²) in [5, 5.41) is 9.26. The summed E-state index contributed by atoms with van der Waals surface area (Å²) in [6.07, 6.45) is -2.97. The summed E-state index contributed by atoms with van der Waals surface area (Å²) in [6.45, 7) is 2.50. The molecule has 32 heavy (non-hydrogen) atoms. The normalized spacial score (nSPS) is 15.1. The first-order valence-corrected chi connectivity index (χ1v) is 10.3. The summed E-state index contributed by atoms with van der Waals surface area (Å²) in [4.78, 5) is 21.0. The average molecular weight is 465 g/mol. The molecule has 11 heteroatoms. The van der Waals surface area contributed by atoms with E-state index in [1.54, 1.807) is 12.3 Å². The minimum absolute atomic E-state index is 0.130. The second-order valence-corrected chi connectivity index (χ2v) is 7.72. The van der Waals surface area contributed by atoms with Gasteiger partial charge in [0, 0.05) is 38.8 Å². The molecular weight excluding hydrogens is 445 g/mol. The van der Waals surface area contributed by atoms with E-state index in [1.807, 2.05) is 18.2 Å². The second-order valence-electron chi connectivity index (χ2n) is 7.34. The van der Waals surface area contributed by atoms with Gasteiger partial charge in [0.25, 0.3) is 5.91 Å². The molecule has 1 fully saturated rings. The fourth-order valence-corrected chi connectivity index (χ4v) is 3.84. The van der Waals surface area contributed by atoms with Gasteiger partial charge < -0.3 is 10.2 Å². The third kappa shape index (κ3) is 5.03. The van der Waals surface area contributed by atoms with Gasteiger partial charge >= 0.3 is 6.18 Å². The Morgan fingerprint density at radius 3 is 2.53 bits per heavy atom. The van der Waals surface area contributed by atoms with E-state index < -0.39 is 22.7 Å². The Hall–Kier alpha value is -3.11. The molecule has 0 aliphatic carbocycles. The van der Waals surface area contributed by atoms with Gasteiger partial charge in [-0.25, -0.2) is 4.98 Å². The molecule has 2 N–H and O–H groups in total. The predicted molar refractivity (Wildman–Crippen MR) is 114 cm³/mol. The van der Waals surface area contributed by atoms with Crippen LogP contribution < -0.4 is 5.32 Å². The summed E-state index contributed by atoms with van der Waals surface area (Å²) in [5.74, 6) is 0.916. The largest absolute Gasteiger partial charge is 0.417 e. The number of carbonyl (C=O) groups excluding carboxylic acids is 1. The molecule has 4 rings (SSSR count). The van der Waals surface area contributed by atoms with Gasteiger partial charge in [-0.2, -0.15) is 18.3 Å². The van der Waals surface area contributed by atoms with Crippen LogP contribution in [0.25, 0.3) is 0 Å². The predicted octanol–water partition coefficient (Wildman–Crippen LogP) is 4.18. The van der Waals surface area contributed by atoms with Crippen molar-refractivity contribution in [2.75, 3.05) is 31.5 Å². The van der Waals surface area contributed by atoms with E-state index in [2.05, 4.69) is 25.4 Å². The number of carbonyl (C=O) groups is 1. The Bertz CT molecular complexity index is 1080. The number of benzene rings is 1. The van der Waals surface area contributed by atoms with Gasteiger partial charge in [0.2, 0.25) is 0 Å². The van der Waals surface area contributed by atoms with E-state index in [0.717, 1.165) is 17.6 Å². The van der Waals surface area contributed by atoms with Crippen molar-refractivity contribution in [3.63, 3.8) is 0 Å². The third-order valence-electron chi connectivity index (χ3n) is 5.15. The van der Waals surface area contributed by atoms with E-state index in [0.29, 0.717) is 38.5 Å². The number of nitrogens with zero attached hydrogens (tertiary/aromatic N) is 4. The van der Waals surface area contributed by atoms with Crippen molar-refractivity contribution in [1.82, 2.24) is 25.0 Å². The van der Waals surface area contributed by atoms with Crippen LogP contribution in [-0.4, -0.2) is 57.1 Å². The van der Waals surface area contributed by atoms with Gasteiger partial charge in [0.15, 0.2) is 0 Å². The van der Waals surface area contributed by atoms with Gasteiger partial charge in [0.05, 0.1) is 28.0 Å². The van der Waals surface area contributed by atoms with Gasteiger partial charge in [-0.3, -0.25) is 14.8 Å². The number of anilines is 2. The first-order valence-electron chi connectivity index (χ1n) is 9.91. The molecule has 0 unspecified atom stereocenters. The number of alkyl halides is 3. The van der Waals surface area contributed by atoms with Crippen molar-refractivity contribution < 1.29 is 18.0 Å². The highest BCUT2D eigenvalue weighted by atomic mass is 35.5. The Morgan fingerprint density at radius 1 is 1.09 bits per heavy atom. The molecule has 0 spiro atoms. The van der Waals surface area contributed by atoms with Gasteiger partial charge in [0.1, 0.15) is 11.6 Å². The van der Waals surface area contributed by atoms with Crippen molar-refractivity contribution in [2.24, 2.45) is 0 Å². The van der Waals surface area contributed by atoms with Gasteiger partial charge in [-0.05, 0) is 24.3 Å². The van der Waals surface area contributed by atoms with Crippen LogP contribution in [0.4, 0.5) is 24.8 Å². The molecular formula is C21H20ClF3N6O. The maximum atomic E-state index is 13.1. The molecule has 0 bridgehead atoms. The van der Waals surface area contributed by atoms with Crippen LogP contribution in [0.15, 0.2) is 48.7 Å². The summed E-state index contributed by atoms with van der Waals surface area (Å²) >= 11 is 5.91. The van der Waals surface area contributed by atoms with Crippen LogP contribution in [0, 0.1) is 0 Å². The molecule has 1 saturated heterocycles. The first-order chi connectivity index (χ1) is 15.3. The summed E-state index contributed by atoms with van der Waals surface area (Å²) in [5.41, 5.74) is -0.275. The van der Waals surface area contributed by atoms with Crippen LogP contribution in [0.2, 0.25) is 5.02 Å². The smallest absolute Gasteiger partial charge is 0.336 e. The highest BCUT2D eigenvalue weighted by Gasteiger charge is 2.35. The Kier molecular flexibility index (Phi) is 6.33. The molecule has 7 nitrogen and oxygen atoms in total. The standard InChI is InChI=1S/C21H20ClF3N6O/c22-19-15(4-2-5-16(19)21(23,24)25)20(32)31-11-9-30(10-12-31)13-14-3-1-6-17(27-14)28-18-7-8-26-29-18/h1-8H,9-13H2,(H2,26,27,28,29). The SMILES string of the molecule is O=C(c1cccc(C(F)(F)F)c1Cl)N1CCN(Cc2cccc(Nc3ccn[nH]3)n2)CC1. The van der Waals surface area contributed by atoms with Crippen LogP contribution in [-0.2, 0) is 12.7 Å². The highest BCUT2D eigenvalue weighted by molar-refractivity contribution is 6.34. The molecule has 3 aromatic rings. The van der Waals surface area contributed by atoms with Crippen molar-refractivity contribution in [2.45, 2.75) is 12.7 Å². The number of halogens is 4. The van der Waals surface area contributed by atoms with E-state index in [9.17, 15) is 18.0 Å². The lowest BCUT2D eigenvalue weighted by Gasteiger charge is -2.34. The number of aromatic nitrogens is 3. The Morgan fingerprint density at radius 2 is 1.84 bits per heavy atom. The van der Waals surface area contributed by atoms with Crippen molar-refractivity contribution >= 4 is 29.1 Å². The maximum absolute atomic E-state index is 13.1. The lowest BCUT2D eigenvalue weighted by atomic mass is 10.1. The van der Waals surface area contributed by atoms with Crippen molar-refractivity contribution in [3.05, 3.63) is 70.5 Å². The fourth-order valence-electron chi connectivity index (χ4n) is 3.53. The molecule has 1 aromatic carbocycles. The zero-order valence-corrected chi connectivity index (χ0v) is 17.6. The van der Waals surface area contributed by atoms with Crippen LogP contribution in [0.1, 0.15) is 21.6 Å². The molecule has 168 valence electrons. The topological polar surface area (TPSA) is 77.2 Å². The molecule has 3 heterocycles. The average Bonchev–Trinajstić information content (AvgIpc) is 3.26. The Balaban J connectivity index is 1.36. The number of rotatable bonds is 5. The lowest BCUT2D eigenvalue weighted by Crippen LogP contribution is -2.48. The van der Waals surface area contributed by atoms with E-state index in [-0.39, 0.29) is 5.56 Å². The molecule has 2 aromatic heterocycles. The second kappa shape index (κ2) is 9.17. The maximum Gasteiger partial charge on any atom is 0.417 e. The zero-order chi connectivity index (χ0) is 22.7. The molecule has 0 atom stereocenters. The molecule has 1 aliphatic rings. The molecule has 0 radical (unpaired) electrons. The number of hydrogen-bond acceptors (Lipinski definition) is 5. The molecule has 1 amide bonds. The van der Waals surface area contributed by atoms with Crippen molar-refractivity contribution in [1.29, 1.82) is 0 Å². The van der Waals surface area contributed by atoms with E-state index >= 15 is 0 Å². The first kappa shape index (κ1) is 22.1. The number of pyridine rings is 1. The number of aromatic amines is 1. The number of amides is 1. The summed E-state index contributed by atoms with van der Waals surface area (Å²) < 4.78 is 39.3. The number of nitrogens with one attached hydrogen (secondary N) is 2. The van der Waals surface area contributed by atoms with Crippen molar-refractivity contribution in [3.8, 4) is 0 Å². The van der Waals surface area contributed by atoms with Gasteiger partial charge in [-0.1, -0.05) is 23.7 Å². The van der Waals surface area contributed by atoms with E-state index in [4.69, 9.17) is 11.6 Å². The molecule has 0 saturated carbocycles. The number of hydrogen-bond donors (Lipinski definition) is 2. The number of piperazine rings is 1. The van der Waals surface area contributed by atoms with E-state index in [1.165, 1.54) is 17.0 Å². The minimum Gasteiger partial charge on any atom is -0.336 e. The molecule has 1 aliphatic heterocycles. The van der Waals surface area contributed by atoms with Crippen LogP contribution >= 0.6 is 11.6 Å². The quantitative estimate of drug-likeness (QED) is 0.592. The zero-order valence-electron chi connectivity index (χ0n) is 16.9. The van der Waals surface area contributed by atoms with Crippen LogP contribution in [0.5, 0.6) is 0 Å². The summed E-state index contributed by atoms with van der Waals surface area (Å²) in [6, 6.07) is 10.9. The van der Waals surface area contributed by atoms with Crippen LogP contribution in [0.3, 0.4) is 0 Å². The summed E-state index contributed by atoms with van der Waals surface area (Å²) in [7, 11) is 0. The third-order valence-corrected chi connectivity index (χ3v) is 5.56. The fraction of sp³-hybridized carbons (Fsp3) is 0.286. The van der Waals surface area contributed by atoms with Gasteiger partial charge in [-0.15, -0.1) is 0 Å². The number of H-pyrrole nitrogens is 1. The monoisotopic (exact) mass is 464 g/mol.